The van der Waals surface area contributed by atoms with Crippen molar-refractivity contribution in [3.05, 3.63) is 18.0 Å². The van der Waals surface area contributed by atoms with Crippen LogP contribution in [0.2, 0.25) is 0 Å². The SMILES string of the molecule is CN(C(=O)[C@H]1CNC[C@@H]1c1cnn(C)c1)C1CCN(C2CC2)C1.Cl.Cl. The summed E-state index contributed by atoms with van der Waals surface area (Å²) >= 11 is 0. The van der Waals surface area contributed by atoms with E-state index in [-0.39, 0.29) is 36.6 Å². The standard InChI is InChI=1S/C17H27N5O.2ClH/c1-20-10-12(7-19-20)15-8-18-9-16(15)17(23)21(2)14-5-6-22(11-14)13-3-4-13;;/h7,10,13-16,18H,3-6,8-9,11H2,1-2H3;2*1H/t14?,15-,16+;;/m1../s1. The molecule has 1 unspecified atom stereocenters. The van der Waals surface area contributed by atoms with Crippen LogP contribution in [0.5, 0.6) is 0 Å². The Morgan fingerprint density at radius 3 is 2.68 bits per heavy atom. The third kappa shape index (κ3) is 4.13. The predicted octanol–water partition coefficient (Wildman–Crippen LogP) is 1.26. The van der Waals surface area contributed by atoms with Gasteiger partial charge in [0.15, 0.2) is 0 Å². The molecule has 0 spiro atoms. The second kappa shape index (κ2) is 8.25. The van der Waals surface area contributed by atoms with Gasteiger partial charge in [0.2, 0.25) is 5.91 Å². The van der Waals surface area contributed by atoms with Gasteiger partial charge in [-0.1, -0.05) is 0 Å². The Labute approximate surface area is 162 Å². The van der Waals surface area contributed by atoms with Crippen molar-refractivity contribution in [2.45, 2.75) is 37.3 Å². The maximum absolute atomic E-state index is 13.1. The van der Waals surface area contributed by atoms with Gasteiger partial charge in [-0.15, -0.1) is 24.8 Å². The minimum Gasteiger partial charge on any atom is -0.341 e. The van der Waals surface area contributed by atoms with Gasteiger partial charge >= 0.3 is 0 Å². The highest BCUT2D eigenvalue weighted by atomic mass is 35.5. The Morgan fingerprint density at radius 2 is 2.04 bits per heavy atom. The van der Waals surface area contributed by atoms with E-state index in [9.17, 15) is 4.79 Å². The Kier molecular flexibility index (Phi) is 6.76. The van der Waals surface area contributed by atoms with E-state index in [1.807, 2.05) is 36.1 Å². The van der Waals surface area contributed by atoms with Crippen LogP contribution in [0.4, 0.5) is 0 Å². The highest BCUT2D eigenvalue weighted by Gasteiger charge is 2.41. The second-order valence-electron chi connectivity index (χ2n) is 7.44. The maximum Gasteiger partial charge on any atom is 0.227 e. The molecule has 1 aromatic rings. The van der Waals surface area contributed by atoms with Crippen LogP contribution in [0.25, 0.3) is 0 Å². The number of aryl methyl sites for hydroxylation is 1. The Morgan fingerprint density at radius 1 is 1.28 bits per heavy atom. The van der Waals surface area contributed by atoms with Crippen molar-refractivity contribution in [1.82, 2.24) is 24.9 Å². The number of amides is 1. The number of halogens is 2. The molecule has 0 aromatic carbocycles. The maximum atomic E-state index is 13.1. The van der Waals surface area contributed by atoms with Gasteiger partial charge < -0.3 is 10.2 Å². The monoisotopic (exact) mass is 389 g/mol. The topological polar surface area (TPSA) is 53.4 Å². The molecular weight excluding hydrogens is 361 g/mol. The summed E-state index contributed by atoms with van der Waals surface area (Å²) in [4.78, 5) is 17.7. The first-order chi connectivity index (χ1) is 11.1. The minimum absolute atomic E-state index is 0. The van der Waals surface area contributed by atoms with Gasteiger partial charge in [0.25, 0.3) is 0 Å². The molecule has 25 heavy (non-hydrogen) atoms. The lowest BCUT2D eigenvalue weighted by atomic mass is 9.89. The molecule has 3 aliphatic rings. The number of carbonyl (C=O) groups is 1. The van der Waals surface area contributed by atoms with Crippen LogP contribution in [0.1, 0.15) is 30.7 Å². The van der Waals surface area contributed by atoms with E-state index < -0.39 is 0 Å². The normalized spacial score (nSPS) is 29.1. The second-order valence-corrected chi connectivity index (χ2v) is 7.44. The lowest BCUT2D eigenvalue weighted by molar-refractivity contribution is -0.135. The zero-order chi connectivity index (χ0) is 16.0. The number of carbonyl (C=O) groups excluding carboxylic acids is 1. The average molecular weight is 390 g/mol. The molecule has 1 aromatic heterocycles. The van der Waals surface area contributed by atoms with Crippen LogP contribution >= 0.6 is 24.8 Å². The number of rotatable bonds is 4. The molecule has 1 saturated carbocycles. The lowest BCUT2D eigenvalue weighted by Gasteiger charge is -2.29. The summed E-state index contributed by atoms with van der Waals surface area (Å²) in [5, 5.41) is 7.67. The number of aromatic nitrogens is 2. The first-order valence-electron chi connectivity index (χ1n) is 8.83. The molecule has 1 N–H and O–H groups in total. The molecule has 3 atom stereocenters. The van der Waals surface area contributed by atoms with E-state index >= 15 is 0 Å². The number of likely N-dealkylation sites (N-methyl/N-ethyl adjacent to an activating group) is 1. The fourth-order valence-electron chi connectivity index (χ4n) is 4.22. The fourth-order valence-corrected chi connectivity index (χ4v) is 4.22. The molecule has 4 rings (SSSR count). The van der Waals surface area contributed by atoms with E-state index in [4.69, 9.17) is 0 Å². The van der Waals surface area contributed by atoms with Crippen LogP contribution < -0.4 is 5.32 Å². The lowest BCUT2D eigenvalue weighted by Crippen LogP contribution is -2.44. The van der Waals surface area contributed by atoms with Crippen molar-refractivity contribution < 1.29 is 4.79 Å². The number of nitrogens with one attached hydrogen (secondary N) is 1. The fraction of sp³-hybridized carbons (Fsp3) is 0.765. The average Bonchev–Trinajstić information content (AvgIpc) is 2.97. The van der Waals surface area contributed by atoms with Crippen LogP contribution in [0.3, 0.4) is 0 Å². The van der Waals surface area contributed by atoms with Crippen molar-refractivity contribution in [1.29, 1.82) is 0 Å². The molecule has 2 aliphatic heterocycles. The molecule has 6 nitrogen and oxygen atoms in total. The quantitative estimate of drug-likeness (QED) is 0.841. The molecule has 8 heteroatoms. The summed E-state index contributed by atoms with van der Waals surface area (Å²) in [5.41, 5.74) is 1.18. The zero-order valence-corrected chi connectivity index (χ0v) is 16.6. The van der Waals surface area contributed by atoms with E-state index in [1.54, 1.807) is 0 Å². The van der Waals surface area contributed by atoms with Gasteiger partial charge in [0.05, 0.1) is 12.1 Å². The summed E-state index contributed by atoms with van der Waals surface area (Å²) in [6.45, 7) is 3.86. The Balaban J connectivity index is 0.00000113. The summed E-state index contributed by atoms with van der Waals surface area (Å²) in [6.07, 6.45) is 7.77. The van der Waals surface area contributed by atoms with Crippen LogP contribution in [0.15, 0.2) is 12.4 Å². The first kappa shape index (κ1) is 20.5. The highest BCUT2D eigenvalue weighted by Crippen LogP contribution is 2.33. The Hall–Kier alpha value is -0.820. The number of hydrogen-bond donors (Lipinski definition) is 1. The third-order valence-corrected chi connectivity index (χ3v) is 5.84. The third-order valence-electron chi connectivity index (χ3n) is 5.84. The van der Waals surface area contributed by atoms with E-state index in [0.717, 1.165) is 38.6 Å². The number of hydrogen-bond acceptors (Lipinski definition) is 4. The Bertz CT molecular complexity index is 591. The molecular formula is C17H29Cl2N5O. The van der Waals surface area contributed by atoms with Crippen molar-refractivity contribution in [2.24, 2.45) is 13.0 Å². The summed E-state index contributed by atoms with van der Waals surface area (Å²) < 4.78 is 1.82. The molecule has 3 fully saturated rings. The highest BCUT2D eigenvalue weighted by molar-refractivity contribution is 5.85. The van der Waals surface area contributed by atoms with Gasteiger partial charge in [-0.3, -0.25) is 14.4 Å². The van der Waals surface area contributed by atoms with E-state index in [0.29, 0.717) is 11.9 Å². The summed E-state index contributed by atoms with van der Waals surface area (Å²) in [6, 6.07) is 1.19. The molecule has 0 bridgehead atoms. The van der Waals surface area contributed by atoms with Crippen LogP contribution in [-0.4, -0.2) is 70.8 Å². The van der Waals surface area contributed by atoms with Gasteiger partial charge in [-0.2, -0.15) is 5.10 Å². The van der Waals surface area contributed by atoms with Crippen LogP contribution in [0, 0.1) is 5.92 Å². The molecule has 1 amide bonds. The minimum atomic E-state index is 0. The largest absolute Gasteiger partial charge is 0.341 e. The van der Waals surface area contributed by atoms with Crippen LogP contribution in [-0.2, 0) is 11.8 Å². The zero-order valence-electron chi connectivity index (χ0n) is 14.9. The molecule has 1 aliphatic carbocycles. The molecule has 0 radical (unpaired) electrons. The van der Waals surface area contributed by atoms with Crippen molar-refractivity contribution in [3.63, 3.8) is 0 Å². The predicted molar refractivity (Wildman–Crippen MR) is 103 cm³/mol. The first-order valence-corrected chi connectivity index (χ1v) is 8.83. The smallest absolute Gasteiger partial charge is 0.227 e. The summed E-state index contributed by atoms with van der Waals surface area (Å²) in [7, 11) is 3.93. The number of nitrogens with zero attached hydrogens (tertiary/aromatic N) is 4. The van der Waals surface area contributed by atoms with Crippen molar-refractivity contribution in [3.8, 4) is 0 Å². The van der Waals surface area contributed by atoms with Crippen molar-refractivity contribution in [2.75, 3.05) is 33.2 Å². The van der Waals surface area contributed by atoms with Gasteiger partial charge in [-0.25, -0.2) is 0 Å². The molecule has 2 saturated heterocycles. The van der Waals surface area contributed by atoms with Crippen molar-refractivity contribution >= 4 is 30.7 Å². The van der Waals surface area contributed by atoms with Gasteiger partial charge in [-0.05, 0) is 24.8 Å². The van der Waals surface area contributed by atoms with Gasteiger partial charge in [0, 0.05) is 64.5 Å². The van der Waals surface area contributed by atoms with E-state index in [1.165, 1.54) is 18.4 Å². The van der Waals surface area contributed by atoms with Gasteiger partial charge in [0.1, 0.15) is 0 Å². The molecule has 3 heterocycles. The van der Waals surface area contributed by atoms with E-state index in [2.05, 4.69) is 15.3 Å². The number of likely N-dealkylation sites (tertiary alicyclic amines) is 1. The summed E-state index contributed by atoms with van der Waals surface area (Å²) in [5.74, 6) is 0.588. The molecule has 142 valence electrons.